The van der Waals surface area contributed by atoms with E-state index in [1.54, 1.807) is 19.1 Å². The summed E-state index contributed by atoms with van der Waals surface area (Å²) in [6, 6.07) is 3.48. The second-order valence-electron chi connectivity index (χ2n) is 3.50. The number of carbonyl (C=O) groups excluding carboxylic acids is 1. The molecule has 0 unspecified atom stereocenters. The van der Waals surface area contributed by atoms with Crippen LogP contribution in [0.5, 0.6) is 0 Å². The van der Waals surface area contributed by atoms with Crippen LogP contribution in [-0.4, -0.2) is 5.78 Å². The van der Waals surface area contributed by atoms with Crippen molar-refractivity contribution in [1.82, 2.24) is 0 Å². The number of rotatable bonds is 1. The van der Waals surface area contributed by atoms with Gasteiger partial charge in [0.2, 0.25) is 0 Å². The molecule has 0 aliphatic carbocycles. The summed E-state index contributed by atoms with van der Waals surface area (Å²) >= 11 is 13.4. The Bertz CT molecular complexity index is 511. The summed E-state index contributed by atoms with van der Waals surface area (Å²) in [5, 5.41) is 4.27. The fourth-order valence-corrected chi connectivity index (χ4v) is 3.20. The van der Waals surface area contributed by atoms with Crippen LogP contribution in [0.1, 0.15) is 13.8 Å². The predicted octanol–water partition coefficient (Wildman–Crippen LogP) is 4.33. The summed E-state index contributed by atoms with van der Waals surface area (Å²) in [4.78, 5) is 13.0. The molecule has 1 aromatic rings. The summed E-state index contributed by atoms with van der Waals surface area (Å²) in [7, 11) is 0. The van der Waals surface area contributed by atoms with Crippen molar-refractivity contribution in [3.63, 3.8) is 0 Å². The number of hydrogen-bond donors (Lipinski definition) is 1. The maximum absolute atomic E-state index is 11.4. The fourth-order valence-electron chi connectivity index (χ4n) is 1.52. The van der Waals surface area contributed by atoms with Crippen molar-refractivity contribution < 1.29 is 4.79 Å². The van der Waals surface area contributed by atoms with E-state index in [0.717, 1.165) is 16.3 Å². The zero-order chi connectivity index (χ0) is 11.9. The number of halogens is 2. The molecule has 2 rings (SSSR count). The molecule has 1 aromatic carbocycles. The zero-order valence-electron chi connectivity index (χ0n) is 8.73. The molecule has 0 bridgehead atoms. The fraction of sp³-hybridized carbons (Fsp3) is 0.182. The first kappa shape index (κ1) is 11.8. The van der Waals surface area contributed by atoms with E-state index in [-0.39, 0.29) is 5.78 Å². The molecular formula is C11H9Cl2NOS. The number of anilines is 1. The van der Waals surface area contributed by atoms with Crippen LogP contribution in [-0.2, 0) is 4.79 Å². The van der Waals surface area contributed by atoms with E-state index in [9.17, 15) is 4.79 Å². The highest BCUT2D eigenvalue weighted by Gasteiger charge is 2.21. The third-order valence-electron chi connectivity index (χ3n) is 2.20. The van der Waals surface area contributed by atoms with Crippen molar-refractivity contribution in [1.29, 1.82) is 0 Å². The molecule has 1 heterocycles. The summed E-state index contributed by atoms with van der Waals surface area (Å²) < 4.78 is 0. The lowest BCUT2D eigenvalue weighted by molar-refractivity contribution is -0.113. The Kier molecular flexibility index (Phi) is 3.19. The monoisotopic (exact) mass is 273 g/mol. The van der Waals surface area contributed by atoms with E-state index in [1.165, 1.54) is 11.8 Å². The lowest BCUT2D eigenvalue weighted by atomic mass is 10.2. The number of benzene rings is 1. The maximum Gasteiger partial charge on any atom is 0.168 e. The van der Waals surface area contributed by atoms with Crippen LogP contribution in [0.2, 0.25) is 10.0 Å². The molecule has 0 aromatic heterocycles. The minimum atomic E-state index is 0.0387. The first-order chi connectivity index (χ1) is 7.49. The molecule has 0 radical (unpaired) electrons. The maximum atomic E-state index is 11.4. The first-order valence-electron chi connectivity index (χ1n) is 4.65. The van der Waals surface area contributed by atoms with Crippen LogP contribution in [0.15, 0.2) is 27.6 Å². The number of nitrogens with one attached hydrogen (secondary N) is 1. The van der Waals surface area contributed by atoms with Crippen LogP contribution in [0.3, 0.4) is 0 Å². The molecule has 0 atom stereocenters. The van der Waals surface area contributed by atoms with E-state index in [2.05, 4.69) is 5.32 Å². The van der Waals surface area contributed by atoms with E-state index in [0.29, 0.717) is 15.0 Å². The van der Waals surface area contributed by atoms with Gasteiger partial charge in [-0.2, -0.15) is 0 Å². The van der Waals surface area contributed by atoms with Gasteiger partial charge < -0.3 is 5.32 Å². The van der Waals surface area contributed by atoms with Gasteiger partial charge in [-0.05, 0) is 26.0 Å². The normalized spacial score (nSPS) is 14.5. The second kappa shape index (κ2) is 4.32. The van der Waals surface area contributed by atoms with Gasteiger partial charge in [0.1, 0.15) is 0 Å². The Balaban J connectivity index is 2.51. The quantitative estimate of drug-likeness (QED) is 0.826. The summed E-state index contributed by atoms with van der Waals surface area (Å²) in [5.41, 5.74) is 1.65. The smallest absolute Gasteiger partial charge is 0.168 e. The number of allylic oxidation sites excluding steroid dienone is 2. The molecule has 1 N–H and O–H groups in total. The molecular weight excluding hydrogens is 265 g/mol. The van der Waals surface area contributed by atoms with Crippen molar-refractivity contribution in [3.8, 4) is 0 Å². The van der Waals surface area contributed by atoms with Crippen molar-refractivity contribution in [3.05, 3.63) is 32.8 Å². The van der Waals surface area contributed by atoms with Gasteiger partial charge in [-0.15, -0.1) is 0 Å². The Morgan fingerprint density at radius 1 is 1.38 bits per heavy atom. The zero-order valence-corrected chi connectivity index (χ0v) is 11.1. The van der Waals surface area contributed by atoms with Gasteiger partial charge in [0.25, 0.3) is 0 Å². The summed E-state index contributed by atoms with van der Waals surface area (Å²) in [5.74, 6) is 0.0387. The number of carbonyl (C=O) groups is 1. The highest BCUT2D eigenvalue weighted by atomic mass is 35.5. The van der Waals surface area contributed by atoms with E-state index < -0.39 is 0 Å². The van der Waals surface area contributed by atoms with Gasteiger partial charge in [-0.3, -0.25) is 4.79 Å². The molecule has 16 heavy (non-hydrogen) atoms. The minimum absolute atomic E-state index is 0.0387. The third kappa shape index (κ3) is 2.08. The lowest BCUT2D eigenvalue weighted by Crippen LogP contribution is -2.09. The van der Waals surface area contributed by atoms with Gasteiger partial charge in [0.15, 0.2) is 5.78 Å². The van der Waals surface area contributed by atoms with Gasteiger partial charge in [-0.25, -0.2) is 0 Å². The van der Waals surface area contributed by atoms with Crippen LogP contribution in [0, 0.1) is 0 Å². The number of hydrogen-bond acceptors (Lipinski definition) is 3. The Morgan fingerprint density at radius 3 is 2.69 bits per heavy atom. The van der Waals surface area contributed by atoms with Crippen molar-refractivity contribution in [2.75, 3.05) is 5.32 Å². The number of ketones is 1. The molecule has 0 saturated heterocycles. The largest absolute Gasteiger partial charge is 0.356 e. The molecule has 0 spiro atoms. The van der Waals surface area contributed by atoms with Crippen molar-refractivity contribution in [2.45, 2.75) is 18.7 Å². The molecule has 0 saturated carbocycles. The van der Waals surface area contributed by atoms with Crippen molar-refractivity contribution in [2.24, 2.45) is 0 Å². The lowest BCUT2D eigenvalue weighted by Gasteiger charge is -2.21. The van der Waals surface area contributed by atoms with Crippen molar-refractivity contribution >= 4 is 46.4 Å². The second-order valence-corrected chi connectivity index (χ2v) is 5.39. The molecule has 0 fully saturated rings. The molecule has 84 valence electrons. The third-order valence-corrected chi connectivity index (χ3v) is 4.06. The average molecular weight is 274 g/mol. The van der Waals surface area contributed by atoms with Crippen LogP contribution in [0.4, 0.5) is 5.69 Å². The molecule has 2 nitrogen and oxygen atoms in total. The summed E-state index contributed by atoms with van der Waals surface area (Å²) in [6.45, 7) is 3.41. The topological polar surface area (TPSA) is 29.1 Å². The van der Waals surface area contributed by atoms with Gasteiger partial charge >= 0.3 is 0 Å². The standard InChI is InChI=1S/C11H9Cl2NOS/c1-5-11(6(2)15)16-9-4-7(12)3-8(13)10(9)14-5/h3-4,14H,1-2H3. The van der Waals surface area contributed by atoms with Gasteiger partial charge in [0, 0.05) is 15.6 Å². The highest BCUT2D eigenvalue weighted by Crippen LogP contribution is 2.44. The number of Topliss-reactive ketones (excluding diaryl/α,β-unsaturated/α-hetero) is 1. The molecule has 1 aliphatic heterocycles. The number of thioether (sulfide) groups is 1. The van der Waals surface area contributed by atoms with Gasteiger partial charge in [-0.1, -0.05) is 35.0 Å². The van der Waals surface area contributed by atoms with E-state index in [1.807, 2.05) is 6.92 Å². The van der Waals surface area contributed by atoms with Crippen LogP contribution < -0.4 is 5.32 Å². The number of fused-ring (bicyclic) bond motifs is 1. The highest BCUT2D eigenvalue weighted by molar-refractivity contribution is 8.04. The molecule has 1 aliphatic rings. The molecule has 5 heteroatoms. The Morgan fingerprint density at radius 2 is 2.06 bits per heavy atom. The average Bonchev–Trinajstić information content (AvgIpc) is 2.18. The minimum Gasteiger partial charge on any atom is -0.356 e. The first-order valence-corrected chi connectivity index (χ1v) is 6.22. The van der Waals surface area contributed by atoms with Crippen LogP contribution >= 0.6 is 35.0 Å². The summed E-state index contributed by atoms with van der Waals surface area (Å²) in [6.07, 6.45) is 0. The van der Waals surface area contributed by atoms with Gasteiger partial charge in [0.05, 0.1) is 15.6 Å². The Labute approximate surface area is 108 Å². The Hall–Kier alpha value is -0.640. The van der Waals surface area contributed by atoms with Crippen LogP contribution in [0.25, 0.3) is 0 Å². The predicted molar refractivity (Wildman–Crippen MR) is 69.3 cm³/mol. The van der Waals surface area contributed by atoms with E-state index >= 15 is 0 Å². The SMILES string of the molecule is CC(=O)C1=C(C)Nc2c(Cl)cc(Cl)cc2S1. The molecule has 0 amide bonds. The van der Waals surface area contributed by atoms with E-state index in [4.69, 9.17) is 23.2 Å².